The standard InChI is InChI=1S/C14H15N5O4S/c15-10-6-8-12(9-7-10)24(22,23)19-18-14(21)13(20)17-16-11-4-2-1-3-5-11/h1-9,16,19H,15H2,(H,17,20)(H,18,21). The number of hydrogen-bond acceptors (Lipinski definition) is 6. The van der Waals surface area contributed by atoms with Gasteiger partial charge in [-0.2, -0.15) is 0 Å². The van der Waals surface area contributed by atoms with Crippen LogP contribution in [-0.4, -0.2) is 20.2 Å². The topological polar surface area (TPSA) is 142 Å². The van der Waals surface area contributed by atoms with Gasteiger partial charge in [0.1, 0.15) is 0 Å². The number of nitrogens with two attached hydrogens (primary N) is 1. The first-order valence-electron chi connectivity index (χ1n) is 6.67. The summed E-state index contributed by atoms with van der Waals surface area (Å²) in [5.74, 6) is -2.25. The zero-order valence-corrected chi connectivity index (χ0v) is 13.1. The highest BCUT2D eigenvalue weighted by Gasteiger charge is 2.18. The van der Waals surface area contributed by atoms with Crippen molar-refractivity contribution in [1.82, 2.24) is 15.7 Å². The zero-order chi connectivity index (χ0) is 17.6. The minimum Gasteiger partial charge on any atom is -0.399 e. The minimum atomic E-state index is -4.01. The van der Waals surface area contributed by atoms with E-state index in [4.69, 9.17) is 5.73 Å². The van der Waals surface area contributed by atoms with Crippen LogP contribution in [-0.2, 0) is 19.6 Å². The second-order valence-corrected chi connectivity index (χ2v) is 6.26. The van der Waals surface area contributed by atoms with Gasteiger partial charge in [-0.3, -0.25) is 25.9 Å². The molecule has 126 valence electrons. The summed E-state index contributed by atoms with van der Waals surface area (Å²) in [4.78, 5) is 24.9. The Labute approximate surface area is 138 Å². The molecule has 0 saturated heterocycles. The van der Waals surface area contributed by atoms with Gasteiger partial charge in [-0.05, 0) is 36.4 Å². The molecule has 0 saturated carbocycles. The molecule has 0 spiro atoms. The number of rotatable bonds is 5. The van der Waals surface area contributed by atoms with Crippen LogP contribution in [0.15, 0.2) is 59.5 Å². The van der Waals surface area contributed by atoms with Gasteiger partial charge in [-0.1, -0.05) is 18.2 Å². The molecule has 2 aromatic rings. The second kappa shape index (κ2) is 7.44. The molecule has 0 radical (unpaired) electrons. The van der Waals surface area contributed by atoms with E-state index in [0.717, 1.165) is 0 Å². The highest BCUT2D eigenvalue weighted by atomic mass is 32.2. The highest BCUT2D eigenvalue weighted by Crippen LogP contribution is 2.10. The Balaban J connectivity index is 1.87. The first-order valence-corrected chi connectivity index (χ1v) is 8.15. The summed E-state index contributed by atoms with van der Waals surface area (Å²) in [6.45, 7) is 0. The number of nitrogen functional groups attached to an aromatic ring is 1. The summed E-state index contributed by atoms with van der Waals surface area (Å²) in [6.07, 6.45) is 0. The van der Waals surface area contributed by atoms with Crippen LogP contribution in [0.2, 0.25) is 0 Å². The molecule has 10 heteroatoms. The maximum absolute atomic E-state index is 11.9. The minimum absolute atomic E-state index is 0.111. The first-order chi connectivity index (χ1) is 11.4. The van der Waals surface area contributed by atoms with Gasteiger partial charge in [-0.25, -0.2) is 8.42 Å². The predicted octanol–water partition coefficient (Wildman–Crippen LogP) is -0.278. The Morgan fingerprint density at radius 2 is 1.42 bits per heavy atom. The third kappa shape index (κ3) is 4.69. The Morgan fingerprint density at radius 1 is 0.833 bits per heavy atom. The predicted molar refractivity (Wildman–Crippen MR) is 87.5 cm³/mol. The summed E-state index contributed by atoms with van der Waals surface area (Å²) < 4.78 is 23.9. The van der Waals surface area contributed by atoms with E-state index in [1.165, 1.54) is 24.3 Å². The van der Waals surface area contributed by atoms with Gasteiger partial charge < -0.3 is 5.73 Å². The van der Waals surface area contributed by atoms with Crippen LogP contribution in [0.3, 0.4) is 0 Å². The molecule has 0 aliphatic carbocycles. The Hall–Kier alpha value is -3.11. The summed E-state index contributed by atoms with van der Waals surface area (Å²) in [6, 6.07) is 13.9. The number of hydrazine groups is 2. The maximum atomic E-state index is 11.9. The lowest BCUT2D eigenvalue weighted by Gasteiger charge is -2.10. The van der Waals surface area contributed by atoms with Gasteiger partial charge in [0.15, 0.2) is 0 Å². The molecule has 0 fully saturated rings. The third-order valence-electron chi connectivity index (χ3n) is 2.79. The number of benzene rings is 2. The van der Waals surface area contributed by atoms with Crippen molar-refractivity contribution in [2.24, 2.45) is 0 Å². The smallest absolute Gasteiger partial charge is 0.329 e. The van der Waals surface area contributed by atoms with Gasteiger partial charge >= 0.3 is 11.8 Å². The molecule has 0 unspecified atom stereocenters. The number of hydrogen-bond donors (Lipinski definition) is 5. The van der Waals surface area contributed by atoms with Gasteiger partial charge in [0.2, 0.25) is 0 Å². The van der Waals surface area contributed by atoms with Crippen molar-refractivity contribution in [2.45, 2.75) is 4.90 Å². The normalized spacial score (nSPS) is 10.7. The number of anilines is 2. The molecular formula is C14H15N5O4S. The molecule has 0 aliphatic rings. The SMILES string of the molecule is Nc1ccc(S(=O)(=O)NNC(=O)C(=O)NNc2ccccc2)cc1. The number of sulfonamides is 1. The fourth-order valence-corrected chi connectivity index (χ4v) is 2.42. The molecule has 0 atom stereocenters. The summed E-state index contributed by atoms with van der Waals surface area (Å²) >= 11 is 0. The first kappa shape index (κ1) is 17.2. The van der Waals surface area contributed by atoms with Gasteiger partial charge in [0.25, 0.3) is 10.0 Å². The number of amides is 2. The van der Waals surface area contributed by atoms with E-state index in [1.807, 2.05) is 10.3 Å². The van der Waals surface area contributed by atoms with Crippen LogP contribution < -0.4 is 26.8 Å². The van der Waals surface area contributed by atoms with Crippen LogP contribution in [0.1, 0.15) is 0 Å². The lowest BCUT2D eigenvalue weighted by Crippen LogP contribution is -2.49. The average Bonchev–Trinajstić information content (AvgIpc) is 2.59. The molecule has 2 aromatic carbocycles. The van der Waals surface area contributed by atoms with Crippen molar-refractivity contribution in [3.05, 3.63) is 54.6 Å². The number of carbonyl (C=O) groups is 2. The van der Waals surface area contributed by atoms with Crippen molar-refractivity contribution < 1.29 is 18.0 Å². The van der Waals surface area contributed by atoms with E-state index < -0.39 is 21.8 Å². The van der Waals surface area contributed by atoms with E-state index in [0.29, 0.717) is 11.4 Å². The molecule has 0 aromatic heterocycles. The van der Waals surface area contributed by atoms with Gasteiger partial charge in [0.05, 0.1) is 10.6 Å². The fraction of sp³-hybridized carbons (Fsp3) is 0. The van der Waals surface area contributed by atoms with Crippen LogP contribution in [0.4, 0.5) is 11.4 Å². The van der Waals surface area contributed by atoms with Crippen molar-refractivity contribution in [3.63, 3.8) is 0 Å². The van der Waals surface area contributed by atoms with E-state index in [2.05, 4.69) is 10.9 Å². The Bertz CT molecular complexity index is 822. The molecule has 0 bridgehead atoms. The monoisotopic (exact) mass is 349 g/mol. The van der Waals surface area contributed by atoms with Crippen LogP contribution in [0.5, 0.6) is 0 Å². The van der Waals surface area contributed by atoms with E-state index in [1.54, 1.807) is 30.3 Å². The van der Waals surface area contributed by atoms with Crippen molar-refractivity contribution in [1.29, 1.82) is 0 Å². The van der Waals surface area contributed by atoms with Crippen molar-refractivity contribution in [2.75, 3.05) is 11.2 Å². The van der Waals surface area contributed by atoms with Gasteiger partial charge in [-0.15, -0.1) is 4.83 Å². The zero-order valence-electron chi connectivity index (χ0n) is 12.3. The van der Waals surface area contributed by atoms with Crippen molar-refractivity contribution >= 4 is 33.2 Å². The van der Waals surface area contributed by atoms with E-state index in [-0.39, 0.29) is 4.90 Å². The highest BCUT2D eigenvalue weighted by molar-refractivity contribution is 7.89. The number of nitrogens with one attached hydrogen (secondary N) is 4. The molecule has 0 heterocycles. The van der Waals surface area contributed by atoms with Crippen LogP contribution >= 0.6 is 0 Å². The Kier molecular flexibility index (Phi) is 5.35. The molecular weight excluding hydrogens is 334 g/mol. The molecule has 24 heavy (non-hydrogen) atoms. The van der Waals surface area contributed by atoms with Crippen LogP contribution in [0.25, 0.3) is 0 Å². The summed E-state index contributed by atoms with van der Waals surface area (Å²) in [5.41, 5.74) is 12.9. The number of para-hydroxylation sites is 1. The third-order valence-corrected chi connectivity index (χ3v) is 4.05. The average molecular weight is 349 g/mol. The summed E-state index contributed by atoms with van der Waals surface area (Å²) in [5, 5.41) is 0. The molecule has 9 nitrogen and oxygen atoms in total. The van der Waals surface area contributed by atoms with E-state index in [9.17, 15) is 18.0 Å². The lowest BCUT2D eigenvalue weighted by molar-refractivity contribution is -0.139. The molecule has 2 rings (SSSR count). The lowest BCUT2D eigenvalue weighted by atomic mass is 10.3. The Morgan fingerprint density at radius 3 is 2.04 bits per heavy atom. The van der Waals surface area contributed by atoms with Crippen LogP contribution in [0, 0.1) is 0 Å². The largest absolute Gasteiger partial charge is 0.399 e. The quantitative estimate of drug-likeness (QED) is 0.285. The molecule has 0 aliphatic heterocycles. The van der Waals surface area contributed by atoms with Gasteiger partial charge in [0, 0.05) is 5.69 Å². The molecule has 2 amide bonds. The fourth-order valence-electron chi connectivity index (χ4n) is 1.58. The maximum Gasteiger partial charge on any atom is 0.329 e. The summed E-state index contributed by atoms with van der Waals surface area (Å²) in [7, 11) is -4.01. The van der Waals surface area contributed by atoms with E-state index >= 15 is 0 Å². The van der Waals surface area contributed by atoms with Crippen molar-refractivity contribution in [3.8, 4) is 0 Å². The molecule has 6 N–H and O–H groups in total. The number of carbonyl (C=O) groups excluding carboxylic acids is 2. The second-order valence-electron chi connectivity index (χ2n) is 4.57.